The molecular formula is C68H44F8N2. The maximum atomic E-state index is 15.9. The van der Waals surface area contributed by atoms with Crippen LogP contribution in [0.5, 0.6) is 0 Å². The summed E-state index contributed by atoms with van der Waals surface area (Å²) in [6.07, 6.45) is 0. The van der Waals surface area contributed by atoms with Crippen molar-refractivity contribution >= 4 is 66.4 Å². The lowest BCUT2D eigenvalue weighted by Crippen LogP contribution is -2.15. The van der Waals surface area contributed by atoms with E-state index in [9.17, 15) is 0 Å². The predicted molar refractivity (Wildman–Crippen MR) is 300 cm³/mol. The SMILES string of the molecule is Cc1cccc(C)c1N(c1cc(-c2c(F)cccc2F)cc(-c2c(F)cccc2F)c1)c1ccc2ccc3c(N(c4cc(-c5c(F)cccc5F)cc(-c5c(F)cccc5F)c4)c4c(C)cccc4C)ccc4ccc1c2c43. The second kappa shape index (κ2) is 19.4. The Kier molecular flexibility index (Phi) is 12.3. The number of rotatable bonds is 10. The summed E-state index contributed by atoms with van der Waals surface area (Å²) in [5, 5.41) is 4.87. The van der Waals surface area contributed by atoms with Gasteiger partial charge in [-0.25, -0.2) is 35.1 Å². The normalized spacial score (nSPS) is 11.6. The molecule has 0 N–H and O–H groups in total. The minimum absolute atomic E-state index is 0.0497. The summed E-state index contributed by atoms with van der Waals surface area (Å²) >= 11 is 0. The van der Waals surface area contributed by atoms with E-state index in [0.29, 0.717) is 34.1 Å². The molecule has 0 spiro atoms. The molecule has 0 aliphatic rings. The first kappa shape index (κ1) is 49.6. The van der Waals surface area contributed by atoms with Gasteiger partial charge in [0.25, 0.3) is 0 Å². The van der Waals surface area contributed by atoms with Crippen LogP contribution in [0.3, 0.4) is 0 Å². The van der Waals surface area contributed by atoms with Crippen LogP contribution >= 0.6 is 0 Å². The monoisotopic (exact) mass is 1040 g/mol. The molecule has 0 fully saturated rings. The molecule has 0 amide bonds. The van der Waals surface area contributed by atoms with Gasteiger partial charge in [0.05, 0.1) is 45.0 Å². The number of anilines is 6. The molecule has 78 heavy (non-hydrogen) atoms. The third kappa shape index (κ3) is 8.27. The average Bonchev–Trinajstić information content (AvgIpc) is 3.40. The summed E-state index contributed by atoms with van der Waals surface area (Å²) in [6.45, 7) is 7.77. The minimum Gasteiger partial charge on any atom is -0.309 e. The van der Waals surface area contributed by atoms with Crippen molar-refractivity contribution in [3.63, 3.8) is 0 Å². The van der Waals surface area contributed by atoms with Crippen molar-refractivity contribution in [2.75, 3.05) is 9.80 Å². The molecule has 0 radical (unpaired) electrons. The van der Waals surface area contributed by atoms with E-state index in [4.69, 9.17) is 0 Å². The number of aryl methyl sites for hydroxylation is 4. The van der Waals surface area contributed by atoms with E-state index in [1.54, 1.807) is 24.3 Å². The van der Waals surface area contributed by atoms with E-state index in [2.05, 4.69) is 0 Å². The molecule has 12 rings (SSSR count). The standard InChI is InChI=1S/C68H44F8N2/c1-37-11-5-12-38(2)67(37)77(47-33-43(63-51(69)15-7-16-52(63)70)31-44(34-47)64-53(71)17-8-18-54(64)72)59-29-25-41-24-28-50-60(30-26-42-23-27-49(59)61(41)62(42)50)78(68-39(3)13-6-14-40(68)4)48-35-45(65-55(73)19-9-20-56(65)74)32-46(36-48)66-57(75)21-10-22-58(66)76/h5-36H,1-4H3. The fourth-order valence-electron chi connectivity index (χ4n) is 11.4. The Morgan fingerprint density at radius 1 is 0.269 bits per heavy atom. The minimum atomic E-state index is -0.860. The molecule has 0 aliphatic carbocycles. The van der Waals surface area contributed by atoms with Crippen LogP contribution in [0.25, 0.3) is 76.8 Å². The van der Waals surface area contributed by atoms with Gasteiger partial charge in [-0.05, 0) is 191 Å². The van der Waals surface area contributed by atoms with Crippen LogP contribution < -0.4 is 9.80 Å². The van der Waals surface area contributed by atoms with Gasteiger partial charge in [0.15, 0.2) is 0 Å². The fourth-order valence-corrected chi connectivity index (χ4v) is 11.4. The average molecular weight is 1040 g/mol. The Morgan fingerprint density at radius 3 is 0.782 bits per heavy atom. The van der Waals surface area contributed by atoms with Crippen molar-refractivity contribution in [1.29, 1.82) is 0 Å². The first-order chi connectivity index (χ1) is 37.7. The lowest BCUT2D eigenvalue weighted by molar-refractivity contribution is 0.588. The van der Waals surface area contributed by atoms with Crippen LogP contribution in [-0.4, -0.2) is 0 Å². The molecule has 12 aromatic rings. The van der Waals surface area contributed by atoms with Gasteiger partial charge in [0.1, 0.15) is 46.5 Å². The third-order valence-corrected chi connectivity index (χ3v) is 14.8. The number of hydrogen-bond donors (Lipinski definition) is 0. The predicted octanol–water partition coefficient (Wildman–Crippen LogP) is 20.5. The van der Waals surface area contributed by atoms with Crippen molar-refractivity contribution < 1.29 is 35.1 Å². The van der Waals surface area contributed by atoms with Crippen molar-refractivity contribution in [1.82, 2.24) is 0 Å². The summed E-state index contributed by atoms with van der Waals surface area (Å²) in [5.74, 6) is -6.88. The fraction of sp³-hybridized carbons (Fsp3) is 0.0588. The second-order valence-corrected chi connectivity index (χ2v) is 19.7. The van der Waals surface area contributed by atoms with Crippen molar-refractivity contribution in [2.24, 2.45) is 0 Å². The summed E-state index contributed by atoms with van der Waals surface area (Å²) in [6, 6.07) is 50.8. The zero-order valence-electron chi connectivity index (χ0n) is 42.4. The van der Waals surface area contributed by atoms with Crippen LogP contribution in [0.15, 0.2) is 194 Å². The zero-order chi connectivity index (χ0) is 54.3. The van der Waals surface area contributed by atoms with Gasteiger partial charge in [0, 0.05) is 22.1 Å². The number of para-hydroxylation sites is 2. The lowest BCUT2D eigenvalue weighted by atomic mass is 9.90. The van der Waals surface area contributed by atoms with E-state index in [-0.39, 0.29) is 44.5 Å². The van der Waals surface area contributed by atoms with Crippen molar-refractivity contribution in [3.8, 4) is 44.5 Å². The Morgan fingerprint density at radius 2 is 0.513 bits per heavy atom. The molecule has 0 saturated carbocycles. The molecule has 2 nitrogen and oxygen atoms in total. The number of halogens is 8. The first-order valence-corrected chi connectivity index (χ1v) is 25.2. The topological polar surface area (TPSA) is 6.48 Å². The molecule has 0 atom stereocenters. The Hall–Kier alpha value is -9.28. The molecule has 0 bridgehead atoms. The number of nitrogens with zero attached hydrogens (tertiary/aromatic N) is 2. The summed E-state index contributed by atoms with van der Waals surface area (Å²) in [4.78, 5) is 3.92. The molecule has 0 aliphatic heterocycles. The summed E-state index contributed by atoms with van der Waals surface area (Å²) < 4.78 is 127. The molecule has 0 aromatic heterocycles. The van der Waals surface area contributed by atoms with Crippen LogP contribution in [-0.2, 0) is 0 Å². The maximum Gasteiger partial charge on any atom is 0.133 e. The lowest BCUT2D eigenvalue weighted by Gasteiger charge is -2.32. The van der Waals surface area contributed by atoms with E-state index in [0.717, 1.165) is 103 Å². The van der Waals surface area contributed by atoms with Crippen LogP contribution in [0.1, 0.15) is 22.3 Å². The quantitative estimate of drug-likeness (QED) is 0.0995. The molecular weight excluding hydrogens is 997 g/mol. The Balaban J connectivity index is 1.16. The van der Waals surface area contributed by atoms with Crippen LogP contribution in [0, 0.1) is 74.2 Å². The van der Waals surface area contributed by atoms with E-state index >= 15 is 35.1 Å². The molecule has 12 aromatic carbocycles. The van der Waals surface area contributed by atoms with Gasteiger partial charge in [-0.2, -0.15) is 0 Å². The van der Waals surface area contributed by atoms with Crippen LogP contribution in [0.2, 0.25) is 0 Å². The van der Waals surface area contributed by atoms with E-state index in [1.165, 1.54) is 36.4 Å². The van der Waals surface area contributed by atoms with Crippen LogP contribution in [0.4, 0.5) is 69.2 Å². The first-order valence-electron chi connectivity index (χ1n) is 25.2. The largest absolute Gasteiger partial charge is 0.309 e. The third-order valence-electron chi connectivity index (χ3n) is 14.8. The molecule has 0 saturated heterocycles. The van der Waals surface area contributed by atoms with Gasteiger partial charge < -0.3 is 9.80 Å². The van der Waals surface area contributed by atoms with E-state index < -0.39 is 46.5 Å². The van der Waals surface area contributed by atoms with Gasteiger partial charge in [-0.3, -0.25) is 0 Å². The smallest absolute Gasteiger partial charge is 0.133 e. The van der Waals surface area contributed by atoms with Gasteiger partial charge in [-0.1, -0.05) is 97.1 Å². The van der Waals surface area contributed by atoms with Gasteiger partial charge in [-0.15, -0.1) is 0 Å². The number of hydrogen-bond acceptors (Lipinski definition) is 2. The molecule has 0 heterocycles. The van der Waals surface area contributed by atoms with Crippen molar-refractivity contribution in [3.05, 3.63) is 263 Å². The Labute approximate surface area is 444 Å². The Bertz CT molecular complexity index is 3850. The zero-order valence-corrected chi connectivity index (χ0v) is 42.4. The highest BCUT2D eigenvalue weighted by Gasteiger charge is 2.28. The number of benzene rings is 12. The van der Waals surface area contributed by atoms with Crippen molar-refractivity contribution in [2.45, 2.75) is 27.7 Å². The highest BCUT2D eigenvalue weighted by Crippen LogP contribution is 2.51. The van der Waals surface area contributed by atoms with Gasteiger partial charge in [0.2, 0.25) is 0 Å². The van der Waals surface area contributed by atoms with Gasteiger partial charge >= 0.3 is 0 Å². The highest BCUT2D eigenvalue weighted by atomic mass is 19.2. The summed E-state index contributed by atoms with van der Waals surface area (Å²) in [5.41, 5.74) is 5.47. The summed E-state index contributed by atoms with van der Waals surface area (Å²) in [7, 11) is 0. The maximum absolute atomic E-state index is 15.9. The van der Waals surface area contributed by atoms with E-state index in [1.807, 2.05) is 122 Å². The molecule has 0 unspecified atom stereocenters. The highest BCUT2D eigenvalue weighted by molar-refractivity contribution is 6.28. The second-order valence-electron chi connectivity index (χ2n) is 19.7. The molecule has 10 heteroatoms. The molecule has 382 valence electrons.